The van der Waals surface area contributed by atoms with Crippen LogP contribution in [0.3, 0.4) is 0 Å². The van der Waals surface area contributed by atoms with Crippen molar-refractivity contribution in [1.29, 1.82) is 0 Å². The van der Waals surface area contributed by atoms with Gasteiger partial charge in [0.2, 0.25) is 0 Å². The van der Waals surface area contributed by atoms with Crippen molar-refractivity contribution in [2.24, 2.45) is 0 Å². The summed E-state index contributed by atoms with van der Waals surface area (Å²) in [5.74, 6) is -1.10. The van der Waals surface area contributed by atoms with Crippen LogP contribution in [0.15, 0.2) is 6.20 Å². The van der Waals surface area contributed by atoms with E-state index in [9.17, 15) is 9.59 Å². The number of urea groups is 1. The van der Waals surface area contributed by atoms with Gasteiger partial charge in [0, 0.05) is 26.2 Å². The van der Waals surface area contributed by atoms with Crippen molar-refractivity contribution < 1.29 is 14.7 Å². The minimum absolute atomic E-state index is 0.00431. The first-order chi connectivity index (χ1) is 9.97. The van der Waals surface area contributed by atoms with E-state index in [1.165, 1.54) is 10.9 Å². The maximum Gasteiger partial charge on any atom is 0.358 e. The van der Waals surface area contributed by atoms with E-state index in [0.717, 1.165) is 12.8 Å². The van der Waals surface area contributed by atoms with E-state index in [-0.39, 0.29) is 23.8 Å². The first kappa shape index (κ1) is 15.3. The number of carboxylic acids is 1. The standard InChI is InChI=1S/C13H21N5O3/c1-4-9(5-2)16(3)13(21)17-6-10(7-17)18-8-11(12(19)20)14-15-18/h8-10H,4-7H2,1-3H3,(H,19,20). The number of carbonyl (C=O) groups excluding carboxylic acids is 1. The van der Waals surface area contributed by atoms with Crippen LogP contribution in [0.5, 0.6) is 0 Å². The molecule has 0 aliphatic carbocycles. The van der Waals surface area contributed by atoms with E-state index in [0.29, 0.717) is 13.1 Å². The first-order valence-corrected chi connectivity index (χ1v) is 7.14. The lowest BCUT2D eigenvalue weighted by atomic mass is 10.1. The second kappa shape index (κ2) is 6.11. The van der Waals surface area contributed by atoms with Gasteiger partial charge in [-0.25, -0.2) is 14.3 Å². The highest BCUT2D eigenvalue weighted by Gasteiger charge is 2.35. The Bertz CT molecular complexity index is 520. The smallest absolute Gasteiger partial charge is 0.358 e. The molecule has 0 saturated carbocycles. The molecule has 2 rings (SSSR count). The fourth-order valence-electron chi connectivity index (χ4n) is 2.55. The monoisotopic (exact) mass is 295 g/mol. The van der Waals surface area contributed by atoms with Crippen molar-refractivity contribution in [3.05, 3.63) is 11.9 Å². The van der Waals surface area contributed by atoms with Crippen LogP contribution in [0.2, 0.25) is 0 Å². The number of aromatic nitrogens is 3. The molecule has 8 nitrogen and oxygen atoms in total. The Labute approximate surface area is 123 Å². The predicted molar refractivity (Wildman–Crippen MR) is 75.1 cm³/mol. The average Bonchev–Trinajstić information content (AvgIpc) is 2.87. The SMILES string of the molecule is CCC(CC)N(C)C(=O)N1CC(n2cc(C(=O)O)nn2)C1. The lowest BCUT2D eigenvalue weighted by molar-refractivity contribution is 0.0689. The summed E-state index contributed by atoms with van der Waals surface area (Å²) in [7, 11) is 1.82. The van der Waals surface area contributed by atoms with Gasteiger partial charge < -0.3 is 14.9 Å². The van der Waals surface area contributed by atoms with Gasteiger partial charge in [-0.15, -0.1) is 5.10 Å². The molecule has 0 atom stereocenters. The third-order valence-corrected chi connectivity index (χ3v) is 4.03. The van der Waals surface area contributed by atoms with Gasteiger partial charge in [0.15, 0.2) is 5.69 Å². The number of carboxylic acid groups (broad SMARTS) is 1. The lowest BCUT2D eigenvalue weighted by Crippen LogP contribution is -2.56. The topological polar surface area (TPSA) is 91.6 Å². The quantitative estimate of drug-likeness (QED) is 0.877. The summed E-state index contributed by atoms with van der Waals surface area (Å²) in [5.41, 5.74) is -0.0751. The number of amides is 2. The zero-order chi connectivity index (χ0) is 15.6. The van der Waals surface area contributed by atoms with Crippen LogP contribution < -0.4 is 0 Å². The summed E-state index contributed by atoms with van der Waals surface area (Å²) in [6.07, 6.45) is 3.27. The summed E-state index contributed by atoms with van der Waals surface area (Å²) in [5, 5.41) is 16.2. The Morgan fingerprint density at radius 3 is 2.52 bits per heavy atom. The van der Waals surface area contributed by atoms with Crippen molar-refractivity contribution in [3.8, 4) is 0 Å². The minimum atomic E-state index is -1.10. The van der Waals surface area contributed by atoms with Crippen molar-refractivity contribution >= 4 is 12.0 Å². The lowest BCUT2D eigenvalue weighted by Gasteiger charge is -2.42. The van der Waals surface area contributed by atoms with Gasteiger partial charge in [0.25, 0.3) is 0 Å². The van der Waals surface area contributed by atoms with Gasteiger partial charge in [-0.3, -0.25) is 0 Å². The minimum Gasteiger partial charge on any atom is -0.476 e. The summed E-state index contributed by atoms with van der Waals surface area (Å²) in [6.45, 7) is 5.21. The van der Waals surface area contributed by atoms with Crippen molar-refractivity contribution in [2.75, 3.05) is 20.1 Å². The molecule has 116 valence electrons. The van der Waals surface area contributed by atoms with Crippen molar-refractivity contribution in [2.45, 2.75) is 38.8 Å². The molecule has 8 heteroatoms. The van der Waals surface area contributed by atoms with Crippen LogP contribution in [0.25, 0.3) is 0 Å². The molecule has 1 aromatic rings. The van der Waals surface area contributed by atoms with E-state index in [4.69, 9.17) is 5.11 Å². The normalized spacial score (nSPS) is 15.1. The molecule has 1 N–H and O–H groups in total. The number of rotatable bonds is 5. The third kappa shape index (κ3) is 2.98. The molecular weight excluding hydrogens is 274 g/mol. The second-order valence-corrected chi connectivity index (χ2v) is 5.31. The Balaban J connectivity index is 1.90. The van der Waals surface area contributed by atoms with E-state index in [2.05, 4.69) is 24.2 Å². The zero-order valence-electron chi connectivity index (χ0n) is 12.6. The van der Waals surface area contributed by atoms with Crippen LogP contribution in [-0.2, 0) is 0 Å². The number of aromatic carboxylic acids is 1. The highest BCUT2D eigenvalue weighted by Crippen LogP contribution is 2.22. The third-order valence-electron chi connectivity index (χ3n) is 4.03. The Morgan fingerprint density at radius 2 is 2.05 bits per heavy atom. The summed E-state index contributed by atoms with van der Waals surface area (Å²) in [4.78, 5) is 26.6. The van der Waals surface area contributed by atoms with E-state index < -0.39 is 5.97 Å². The van der Waals surface area contributed by atoms with E-state index in [1.54, 1.807) is 9.80 Å². The second-order valence-electron chi connectivity index (χ2n) is 5.31. The molecule has 1 saturated heterocycles. The van der Waals surface area contributed by atoms with Gasteiger partial charge in [-0.05, 0) is 12.8 Å². The number of likely N-dealkylation sites (tertiary alicyclic amines) is 1. The summed E-state index contributed by atoms with van der Waals surface area (Å²) in [6, 6.07) is 0.268. The zero-order valence-corrected chi connectivity index (χ0v) is 12.6. The maximum absolute atomic E-state index is 12.3. The number of nitrogens with zero attached hydrogens (tertiary/aromatic N) is 5. The molecule has 1 aliphatic rings. The number of carbonyl (C=O) groups is 2. The highest BCUT2D eigenvalue weighted by molar-refractivity contribution is 5.84. The fourth-order valence-corrected chi connectivity index (χ4v) is 2.55. The van der Waals surface area contributed by atoms with Gasteiger partial charge in [0.05, 0.1) is 12.2 Å². The van der Waals surface area contributed by atoms with Crippen LogP contribution >= 0.6 is 0 Å². The highest BCUT2D eigenvalue weighted by atomic mass is 16.4. The molecular formula is C13H21N5O3. The average molecular weight is 295 g/mol. The van der Waals surface area contributed by atoms with Gasteiger partial charge in [-0.1, -0.05) is 19.1 Å². The molecule has 1 aromatic heterocycles. The predicted octanol–water partition coefficient (Wildman–Crippen LogP) is 1.07. The molecule has 0 bridgehead atoms. The molecule has 0 spiro atoms. The Hall–Kier alpha value is -2.12. The molecule has 0 aromatic carbocycles. The molecule has 1 fully saturated rings. The molecule has 1 aliphatic heterocycles. The summed E-state index contributed by atoms with van der Waals surface area (Å²) >= 11 is 0. The molecule has 2 amide bonds. The number of hydrogen-bond donors (Lipinski definition) is 1. The molecule has 21 heavy (non-hydrogen) atoms. The van der Waals surface area contributed by atoms with Gasteiger partial charge >= 0.3 is 12.0 Å². The van der Waals surface area contributed by atoms with Gasteiger partial charge in [0.1, 0.15) is 0 Å². The van der Waals surface area contributed by atoms with Gasteiger partial charge in [-0.2, -0.15) is 0 Å². The van der Waals surface area contributed by atoms with Crippen molar-refractivity contribution in [3.63, 3.8) is 0 Å². The van der Waals surface area contributed by atoms with Crippen molar-refractivity contribution in [1.82, 2.24) is 24.8 Å². The largest absolute Gasteiger partial charge is 0.476 e. The fraction of sp³-hybridized carbons (Fsp3) is 0.692. The van der Waals surface area contributed by atoms with E-state index in [1.807, 2.05) is 7.05 Å². The summed E-state index contributed by atoms with van der Waals surface area (Å²) < 4.78 is 1.52. The number of hydrogen-bond acceptors (Lipinski definition) is 4. The first-order valence-electron chi connectivity index (χ1n) is 7.14. The maximum atomic E-state index is 12.3. The van der Waals surface area contributed by atoms with Crippen LogP contribution in [0.1, 0.15) is 43.2 Å². The van der Waals surface area contributed by atoms with Crippen LogP contribution in [0, 0.1) is 0 Å². The molecule has 2 heterocycles. The molecule has 0 radical (unpaired) electrons. The van der Waals surface area contributed by atoms with E-state index >= 15 is 0 Å². The molecule has 0 unspecified atom stereocenters. The Morgan fingerprint density at radius 1 is 1.43 bits per heavy atom. The van der Waals surface area contributed by atoms with Crippen LogP contribution in [0.4, 0.5) is 4.79 Å². The van der Waals surface area contributed by atoms with Crippen LogP contribution in [-0.4, -0.2) is 68.1 Å². The Kier molecular flexibility index (Phi) is 4.44.